The lowest BCUT2D eigenvalue weighted by Crippen LogP contribution is -2.54. The Morgan fingerprint density at radius 3 is 2.04 bits per heavy atom. The number of piperazine rings is 1. The summed E-state index contributed by atoms with van der Waals surface area (Å²) in [7, 11) is 0. The lowest BCUT2D eigenvalue weighted by Gasteiger charge is -2.38. The van der Waals surface area contributed by atoms with Gasteiger partial charge in [-0.15, -0.1) is 0 Å². The van der Waals surface area contributed by atoms with Crippen LogP contribution in [0.3, 0.4) is 0 Å². The van der Waals surface area contributed by atoms with Crippen molar-refractivity contribution >= 4 is 11.6 Å². The Balaban J connectivity index is 1.52. The highest BCUT2D eigenvalue weighted by molar-refractivity contribution is 5.81. The van der Waals surface area contributed by atoms with E-state index in [1.807, 2.05) is 50.2 Å². The molecule has 0 spiro atoms. The summed E-state index contributed by atoms with van der Waals surface area (Å²) in [6.45, 7) is 7.76. The minimum absolute atomic E-state index is 0.0294. The quantitative estimate of drug-likeness (QED) is 0.911. The highest BCUT2D eigenvalue weighted by Crippen LogP contribution is 2.17. The number of hydrogen-bond acceptors (Lipinski definition) is 3. The minimum Gasteiger partial charge on any atom is -0.369 e. The molecular formula is C21H27N3O. The van der Waals surface area contributed by atoms with Crippen molar-refractivity contribution in [3.8, 4) is 0 Å². The van der Waals surface area contributed by atoms with Crippen LogP contribution in [0.5, 0.6) is 0 Å². The molecule has 2 atom stereocenters. The van der Waals surface area contributed by atoms with Crippen molar-refractivity contribution < 1.29 is 4.79 Å². The third-order valence-electron chi connectivity index (χ3n) is 5.02. The lowest BCUT2D eigenvalue weighted by molar-refractivity contribution is -0.126. The molecule has 0 aromatic heterocycles. The van der Waals surface area contributed by atoms with E-state index in [0.29, 0.717) is 0 Å². The van der Waals surface area contributed by atoms with Crippen LogP contribution in [0.4, 0.5) is 5.69 Å². The fourth-order valence-corrected chi connectivity index (χ4v) is 3.33. The Hall–Kier alpha value is -2.33. The molecule has 1 amide bonds. The molecule has 132 valence electrons. The molecule has 0 radical (unpaired) electrons. The molecule has 2 aromatic rings. The summed E-state index contributed by atoms with van der Waals surface area (Å²) < 4.78 is 0. The summed E-state index contributed by atoms with van der Waals surface area (Å²) in [5.74, 6) is 0.101. The number of amides is 1. The highest BCUT2D eigenvalue weighted by atomic mass is 16.2. The second-order valence-electron chi connectivity index (χ2n) is 6.68. The number of carbonyl (C=O) groups excluding carboxylic acids is 1. The molecule has 4 nitrogen and oxygen atoms in total. The van der Waals surface area contributed by atoms with E-state index in [1.54, 1.807) is 0 Å². The van der Waals surface area contributed by atoms with Crippen LogP contribution in [0.2, 0.25) is 0 Å². The first-order chi connectivity index (χ1) is 12.1. The van der Waals surface area contributed by atoms with Crippen LogP contribution in [0.1, 0.15) is 25.5 Å². The van der Waals surface area contributed by atoms with Gasteiger partial charge < -0.3 is 10.2 Å². The van der Waals surface area contributed by atoms with Crippen molar-refractivity contribution in [2.45, 2.75) is 25.9 Å². The zero-order chi connectivity index (χ0) is 17.6. The predicted octanol–water partition coefficient (Wildman–Crippen LogP) is 3.07. The van der Waals surface area contributed by atoms with Gasteiger partial charge in [-0.1, -0.05) is 48.5 Å². The Kier molecular flexibility index (Phi) is 5.71. The third kappa shape index (κ3) is 4.40. The lowest BCUT2D eigenvalue weighted by atomic mass is 10.1. The van der Waals surface area contributed by atoms with E-state index >= 15 is 0 Å². The van der Waals surface area contributed by atoms with Crippen molar-refractivity contribution in [1.29, 1.82) is 0 Å². The van der Waals surface area contributed by atoms with Gasteiger partial charge in [-0.2, -0.15) is 0 Å². The highest BCUT2D eigenvalue weighted by Gasteiger charge is 2.26. The number of anilines is 1. The van der Waals surface area contributed by atoms with Crippen LogP contribution in [-0.2, 0) is 4.79 Å². The van der Waals surface area contributed by atoms with E-state index < -0.39 is 0 Å². The normalized spacial score (nSPS) is 17.8. The molecule has 4 heteroatoms. The number of rotatable bonds is 5. The third-order valence-corrected chi connectivity index (χ3v) is 5.02. The van der Waals surface area contributed by atoms with E-state index in [2.05, 4.69) is 39.4 Å². The van der Waals surface area contributed by atoms with E-state index in [0.717, 1.165) is 31.7 Å². The van der Waals surface area contributed by atoms with E-state index in [-0.39, 0.29) is 18.0 Å². The average Bonchev–Trinajstić information content (AvgIpc) is 2.69. The van der Waals surface area contributed by atoms with E-state index in [4.69, 9.17) is 0 Å². The SMILES string of the molecule is CC(NC(=O)C(C)N1CCN(c2ccccc2)CC1)c1ccccc1. The Labute approximate surface area is 150 Å². The summed E-state index contributed by atoms with van der Waals surface area (Å²) >= 11 is 0. The molecule has 1 fully saturated rings. The van der Waals surface area contributed by atoms with Gasteiger partial charge in [-0.3, -0.25) is 9.69 Å². The first-order valence-corrected chi connectivity index (χ1v) is 9.04. The van der Waals surface area contributed by atoms with Crippen LogP contribution in [0.25, 0.3) is 0 Å². The molecule has 1 N–H and O–H groups in total. The van der Waals surface area contributed by atoms with Gasteiger partial charge in [0.1, 0.15) is 0 Å². The summed E-state index contributed by atoms with van der Waals surface area (Å²) in [6.07, 6.45) is 0. The minimum atomic E-state index is -0.107. The van der Waals surface area contributed by atoms with Gasteiger partial charge in [0.05, 0.1) is 12.1 Å². The van der Waals surface area contributed by atoms with Gasteiger partial charge in [0.25, 0.3) is 0 Å². The van der Waals surface area contributed by atoms with Gasteiger partial charge in [0.15, 0.2) is 0 Å². The topological polar surface area (TPSA) is 35.6 Å². The summed E-state index contributed by atoms with van der Waals surface area (Å²) in [5, 5.41) is 3.14. The largest absolute Gasteiger partial charge is 0.369 e. The van der Waals surface area contributed by atoms with Crippen LogP contribution in [0, 0.1) is 0 Å². The van der Waals surface area contributed by atoms with Gasteiger partial charge in [-0.05, 0) is 31.5 Å². The summed E-state index contributed by atoms with van der Waals surface area (Å²) in [4.78, 5) is 17.3. The molecule has 25 heavy (non-hydrogen) atoms. The van der Waals surface area contributed by atoms with Crippen molar-refractivity contribution in [3.05, 3.63) is 66.2 Å². The Morgan fingerprint density at radius 1 is 0.880 bits per heavy atom. The van der Waals surface area contributed by atoms with Gasteiger partial charge >= 0.3 is 0 Å². The number of hydrogen-bond donors (Lipinski definition) is 1. The van der Waals surface area contributed by atoms with Gasteiger partial charge in [-0.25, -0.2) is 0 Å². The first-order valence-electron chi connectivity index (χ1n) is 9.04. The maximum Gasteiger partial charge on any atom is 0.237 e. The van der Waals surface area contributed by atoms with E-state index in [1.165, 1.54) is 5.69 Å². The van der Waals surface area contributed by atoms with Gasteiger partial charge in [0.2, 0.25) is 5.91 Å². The van der Waals surface area contributed by atoms with Crippen molar-refractivity contribution in [2.24, 2.45) is 0 Å². The Bertz CT molecular complexity index is 666. The van der Waals surface area contributed by atoms with Gasteiger partial charge in [0, 0.05) is 31.9 Å². The fraction of sp³-hybridized carbons (Fsp3) is 0.381. The molecule has 2 aromatic carbocycles. The maximum absolute atomic E-state index is 12.6. The van der Waals surface area contributed by atoms with Crippen LogP contribution < -0.4 is 10.2 Å². The molecular weight excluding hydrogens is 310 g/mol. The zero-order valence-electron chi connectivity index (χ0n) is 15.1. The fourth-order valence-electron chi connectivity index (χ4n) is 3.33. The number of nitrogens with one attached hydrogen (secondary N) is 1. The smallest absolute Gasteiger partial charge is 0.237 e. The molecule has 1 aliphatic heterocycles. The van der Waals surface area contributed by atoms with Crippen LogP contribution >= 0.6 is 0 Å². The standard InChI is InChI=1S/C21H27N3O/c1-17(19-9-5-3-6-10-19)22-21(25)18(2)23-13-15-24(16-14-23)20-11-7-4-8-12-20/h3-12,17-18H,13-16H2,1-2H3,(H,22,25). The first kappa shape index (κ1) is 17.5. The summed E-state index contributed by atoms with van der Waals surface area (Å²) in [5.41, 5.74) is 2.40. The maximum atomic E-state index is 12.6. The predicted molar refractivity (Wildman–Crippen MR) is 103 cm³/mol. The van der Waals surface area contributed by atoms with Crippen molar-refractivity contribution in [3.63, 3.8) is 0 Å². The van der Waals surface area contributed by atoms with Crippen molar-refractivity contribution in [1.82, 2.24) is 10.2 Å². The number of benzene rings is 2. The number of carbonyl (C=O) groups is 1. The van der Waals surface area contributed by atoms with Crippen molar-refractivity contribution in [2.75, 3.05) is 31.1 Å². The van der Waals surface area contributed by atoms with E-state index in [9.17, 15) is 4.79 Å². The molecule has 0 bridgehead atoms. The molecule has 1 heterocycles. The molecule has 1 saturated heterocycles. The average molecular weight is 337 g/mol. The molecule has 3 rings (SSSR count). The molecule has 0 saturated carbocycles. The molecule has 1 aliphatic rings. The number of para-hydroxylation sites is 1. The zero-order valence-corrected chi connectivity index (χ0v) is 15.1. The molecule has 2 unspecified atom stereocenters. The second kappa shape index (κ2) is 8.17. The summed E-state index contributed by atoms with van der Waals surface area (Å²) in [6, 6.07) is 20.5. The van der Waals surface area contributed by atoms with Crippen LogP contribution in [-0.4, -0.2) is 43.0 Å². The number of nitrogens with zero attached hydrogens (tertiary/aromatic N) is 2. The Morgan fingerprint density at radius 2 is 1.44 bits per heavy atom. The van der Waals surface area contributed by atoms with Crippen LogP contribution in [0.15, 0.2) is 60.7 Å². The molecule has 0 aliphatic carbocycles. The monoisotopic (exact) mass is 337 g/mol. The second-order valence-corrected chi connectivity index (χ2v) is 6.68.